The molecule has 2 aromatic carbocycles. The van der Waals surface area contributed by atoms with Crippen molar-refractivity contribution < 1.29 is 24.0 Å². The number of nitro groups is 1. The van der Waals surface area contributed by atoms with E-state index in [0.29, 0.717) is 23.5 Å². The Hall–Kier alpha value is -3.89. The predicted molar refractivity (Wildman–Crippen MR) is 146 cm³/mol. The minimum Gasteiger partial charge on any atom is -0.468 e. The largest absolute Gasteiger partial charge is 0.468 e. The number of benzene rings is 2. The van der Waals surface area contributed by atoms with E-state index >= 15 is 0 Å². The monoisotopic (exact) mass is 534 g/mol. The highest BCUT2D eigenvalue weighted by atomic mass is 16.6. The third-order valence-electron chi connectivity index (χ3n) is 7.30. The summed E-state index contributed by atoms with van der Waals surface area (Å²) in [6.45, 7) is 8.65. The van der Waals surface area contributed by atoms with Crippen LogP contribution in [-0.2, 0) is 25.6 Å². The number of aliphatic imine (C=N–C) groups is 1. The Morgan fingerprint density at radius 1 is 1.03 bits per heavy atom. The van der Waals surface area contributed by atoms with Gasteiger partial charge in [0.2, 0.25) is 0 Å². The van der Waals surface area contributed by atoms with Gasteiger partial charge in [-0.1, -0.05) is 42.5 Å². The van der Waals surface area contributed by atoms with Crippen LogP contribution in [0.25, 0.3) is 0 Å². The van der Waals surface area contributed by atoms with Crippen molar-refractivity contribution >= 4 is 23.3 Å². The molecule has 1 saturated heterocycles. The molecule has 0 radical (unpaired) electrons. The van der Waals surface area contributed by atoms with E-state index in [1.54, 1.807) is 26.0 Å². The Morgan fingerprint density at radius 3 is 2.38 bits per heavy atom. The zero-order chi connectivity index (χ0) is 27.9. The molecule has 2 unspecified atom stereocenters. The van der Waals surface area contributed by atoms with E-state index in [1.165, 1.54) is 24.8 Å². The number of ether oxygens (including phenoxy) is 2. The fourth-order valence-corrected chi connectivity index (χ4v) is 5.28. The van der Waals surface area contributed by atoms with Gasteiger partial charge in [0, 0.05) is 68.7 Å². The first-order valence-corrected chi connectivity index (χ1v) is 13.0. The molecular formula is C29H34N4O6. The smallest absolute Gasteiger partial charge is 0.336 e. The average Bonchev–Trinajstić information content (AvgIpc) is 2.93. The van der Waals surface area contributed by atoms with Gasteiger partial charge in [-0.25, -0.2) is 4.79 Å². The highest BCUT2D eigenvalue weighted by molar-refractivity contribution is 6.07. The molecule has 0 spiro atoms. The number of hydrogen-bond acceptors (Lipinski definition) is 9. The van der Waals surface area contributed by atoms with Crippen molar-refractivity contribution in [2.45, 2.75) is 26.3 Å². The summed E-state index contributed by atoms with van der Waals surface area (Å²) in [7, 11) is 1.27. The van der Waals surface area contributed by atoms with Gasteiger partial charge >= 0.3 is 11.9 Å². The lowest BCUT2D eigenvalue weighted by Gasteiger charge is -2.34. The van der Waals surface area contributed by atoms with Gasteiger partial charge in [0.25, 0.3) is 5.69 Å². The normalized spacial score (nSPS) is 20.3. The maximum absolute atomic E-state index is 13.4. The molecule has 0 aromatic heterocycles. The molecule has 0 aliphatic carbocycles. The molecule has 0 N–H and O–H groups in total. The van der Waals surface area contributed by atoms with Crippen molar-refractivity contribution in [3.05, 3.63) is 87.1 Å². The van der Waals surface area contributed by atoms with Crippen molar-refractivity contribution in [2.75, 3.05) is 46.4 Å². The molecule has 2 aliphatic rings. The number of carbonyl (C=O) groups is 2. The Balaban J connectivity index is 1.43. The number of rotatable bonds is 9. The van der Waals surface area contributed by atoms with Crippen molar-refractivity contribution in [1.29, 1.82) is 0 Å². The molecule has 39 heavy (non-hydrogen) atoms. The van der Waals surface area contributed by atoms with E-state index in [2.05, 4.69) is 26.9 Å². The maximum Gasteiger partial charge on any atom is 0.336 e. The summed E-state index contributed by atoms with van der Waals surface area (Å²) in [4.78, 5) is 46.3. The SMILES string of the molecule is COC(=O)C1C(C)=NC(C)=C(C(=O)OCCN2CCN(Cc3ccccc3)CC2)C1c1cccc([N+](=O)[O-])c1. The zero-order valence-corrected chi connectivity index (χ0v) is 22.5. The second-order valence-electron chi connectivity index (χ2n) is 9.82. The van der Waals surface area contributed by atoms with Gasteiger partial charge in [-0.2, -0.15) is 0 Å². The van der Waals surface area contributed by atoms with Crippen LogP contribution >= 0.6 is 0 Å². The quantitative estimate of drug-likeness (QED) is 0.272. The molecule has 0 amide bonds. The summed E-state index contributed by atoms with van der Waals surface area (Å²) < 4.78 is 10.7. The summed E-state index contributed by atoms with van der Waals surface area (Å²) in [6, 6.07) is 16.3. The molecule has 10 nitrogen and oxygen atoms in total. The molecular weight excluding hydrogens is 500 g/mol. The highest BCUT2D eigenvalue weighted by Crippen LogP contribution is 2.40. The molecule has 2 aromatic rings. The molecule has 1 fully saturated rings. The first-order chi connectivity index (χ1) is 18.8. The Labute approximate surface area is 228 Å². The first kappa shape index (κ1) is 28.1. The van der Waals surface area contributed by atoms with E-state index < -0.39 is 28.7 Å². The van der Waals surface area contributed by atoms with E-state index in [0.717, 1.165) is 32.7 Å². The number of carbonyl (C=O) groups excluding carboxylic acids is 2. The van der Waals surface area contributed by atoms with Crippen molar-refractivity contribution in [3.63, 3.8) is 0 Å². The van der Waals surface area contributed by atoms with E-state index in [1.807, 2.05) is 18.2 Å². The van der Waals surface area contributed by atoms with E-state index in [9.17, 15) is 19.7 Å². The summed E-state index contributed by atoms with van der Waals surface area (Å²) >= 11 is 0. The summed E-state index contributed by atoms with van der Waals surface area (Å²) in [5.74, 6) is -2.87. The van der Waals surface area contributed by atoms with Crippen LogP contribution in [0.3, 0.4) is 0 Å². The number of nitrogens with zero attached hydrogens (tertiary/aromatic N) is 4. The van der Waals surface area contributed by atoms with Crippen LogP contribution in [0, 0.1) is 16.0 Å². The standard InChI is InChI=1S/C29H34N4O6/c1-20-25(28(34)38-3)27(23-10-7-11-24(18-23)33(36)37)26(21(2)30-20)29(35)39-17-16-31-12-14-32(15-13-31)19-22-8-5-4-6-9-22/h4-11,18,25,27H,12-17,19H2,1-3H3. The van der Waals surface area contributed by atoms with Gasteiger partial charge in [-0.3, -0.25) is 29.7 Å². The number of piperazine rings is 1. The maximum atomic E-state index is 13.4. The van der Waals surface area contributed by atoms with Gasteiger partial charge in [-0.15, -0.1) is 0 Å². The number of nitro benzene ring substituents is 1. The molecule has 2 aliphatic heterocycles. The first-order valence-electron chi connectivity index (χ1n) is 13.0. The van der Waals surface area contributed by atoms with Gasteiger partial charge in [-0.05, 0) is 25.0 Å². The van der Waals surface area contributed by atoms with Crippen molar-refractivity contribution in [3.8, 4) is 0 Å². The molecule has 10 heteroatoms. The third-order valence-corrected chi connectivity index (χ3v) is 7.30. The van der Waals surface area contributed by atoms with Crippen molar-refractivity contribution in [2.24, 2.45) is 10.9 Å². The summed E-state index contributed by atoms with van der Waals surface area (Å²) in [5, 5.41) is 11.4. The third kappa shape index (κ3) is 6.76. The average molecular weight is 535 g/mol. The van der Waals surface area contributed by atoms with Crippen LogP contribution in [0.4, 0.5) is 5.69 Å². The van der Waals surface area contributed by atoms with Gasteiger partial charge in [0.1, 0.15) is 12.5 Å². The molecule has 2 heterocycles. The molecule has 206 valence electrons. The number of allylic oxidation sites excluding steroid dienone is 1. The predicted octanol–water partition coefficient (Wildman–Crippen LogP) is 3.58. The van der Waals surface area contributed by atoms with Crippen molar-refractivity contribution in [1.82, 2.24) is 9.80 Å². The molecule has 0 bridgehead atoms. The fourth-order valence-electron chi connectivity index (χ4n) is 5.28. The molecule has 4 rings (SSSR count). The van der Waals surface area contributed by atoms with Gasteiger partial charge in [0.05, 0.1) is 17.6 Å². The van der Waals surface area contributed by atoms with Gasteiger partial charge < -0.3 is 9.47 Å². The molecule has 2 atom stereocenters. The van der Waals surface area contributed by atoms with Crippen LogP contribution in [0.1, 0.15) is 30.9 Å². The summed E-state index contributed by atoms with van der Waals surface area (Å²) in [5.41, 5.74) is 2.72. The number of esters is 2. The Morgan fingerprint density at radius 2 is 1.72 bits per heavy atom. The van der Waals surface area contributed by atoms with Crippen LogP contribution in [-0.4, -0.2) is 78.8 Å². The van der Waals surface area contributed by atoms with Crippen LogP contribution in [0.5, 0.6) is 0 Å². The van der Waals surface area contributed by atoms with E-state index in [-0.39, 0.29) is 17.9 Å². The lowest BCUT2D eigenvalue weighted by molar-refractivity contribution is -0.384. The lowest BCUT2D eigenvalue weighted by Crippen LogP contribution is -2.47. The second kappa shape index (κ2) is 12.8. The van der Waals surface area contributed by atoms with Crippen LogP contribution in [0.15, 0.2) is 70.9 Å². The second-order valence-corrected chi connectivity index (χ2v) is 9.82. The Kier molecular flexibility index (Phi) is 9.21. The lowest BCUT2D eigenvalue weighted by atomic mass is 9.75. The summed E-state index contributed by atoms with van der Waals surface area (Å²) in [6.07, 6.45) is 0. The highest BCUT2D eigenvalue weighted by Gasteiger charge is 2.42. The minimum absolute atomic E-state index is 0.131. The zero-order valence-electron chi connectivity index (χ0n) is 22.5. The van der Waals surface area contributed by atoms with Crippen LogP contribution in [0.2, 0.25) is 0 Å². The number of non-ortho nitro benzene ring substituents is 1. The van der Waals surface area contributed by atoms with E-state index in [4.69, 9.17) is 9.47 Å². The Bertz CT molecular complexity index is 1270. The minimum atomic E-state index is -0.902. The fraction of sp³-hybridized carbons (Fsp3) is 0.414. The van der Waals surface area contributed by atoms with Crippen LogP contribution < -0.4 is 0 Å². The topological polar surface area (TPSA) is 115 Å². The molecule has 0 saturated carbocycles. The number of methoxy groups -OCH3 is 1. The number of hydrogen-bond donors (Lipinski definition) is 0. The van der Waals surface area contributed by atoms with Gasteiger partial charge in [0.15, 0.2) is 0 Å².